The Balaban J connectivity index is 1.53. The van der Waals surface area contributed by atoms with Gasteiger partial charge in [-0.15, -0.1) is 0 Å². The van der Waals surface area contributed by atoms with Gasteiger partial charge in [0.15, 0.2) is 0 Å². The van der Waals surface area contributed by atoms with E-state index in [1.165, 1.54) is 53.9 Å². The summed E-state index contributed by atoms with van der Waals surface area (Å²) in [6.07, 6.45) is 3.58. The lowest BCUT2D eigenvalue weighted by Gasteiger charge is -2.20. The number of carbonyl (C=O) groups excluding carboxylic acids is 1. The largest absolute Gasteiger partial charge is 0.496 e. The molecular weight excluding hydrogens is 538 g/mol. The molecule has 3 aromatic carbocycles. The molecule has 1 amide bonds. The van der Waals surface area contributed by atoms with E-state index in [0.717, 1.165) is 36.8 Å². The molecule has 0 aromatic heterocycles. The van der Waals surface area contributed by atoms with Crippen LogP contribution in [0.2, 0.25) is 0 Å². The SMILES string of the molecule is COc1ccc(S(=O)(=O)N2CCCCCC2)cc1C(=O)Nc1ccc(S(=O)(=O)Nc2ccc(C)cc2C)cc1. The van der Waals surface area contributed by atoms with Crippen molar-refractivity contribution in [1.82, 2.24) is 4.31 Å². The predicted octanol–water partition coefficient (Wildman–Crippen LogP) is 4.93. The van der Waals surface area contributed by atoms with Crippen LogP contribution in [0.25, 0.3) is 0 Å². The number of nitrogens with zero attached hydrogens (tertiary/aromatic N) is 1. The molecule has 1 fully saturated rings. The Morgan fingerprint density at radius 3 is 2.08 bits per heavy atom. The lowest BCUT2D eigenvalue weighted by molar-refractivity contribution is 0.102. The molecule has 0 bridgehead atoms. The zero-order valence-corrected chi connectivity index (χ0v) is 23.9. The smallest absolute Gasteiger partial charge is 0.261 e. The van der Waals surface area contributed by atoms with E-state index in [0.29, 0.717) is 24.5 Å². The summed E-state index contributed by atoms with van der Waals surface area (Å²) in [5.41, 5.74) is 2.71. The molecule has 1 saturated heterocycles. The zero-order valence-electron chi connectivity index (χ0n) is 22.2. The number of sulfonamides is 2. The monoisotopic (exact) mass is 571 g/mol. The van der Waals surface area contributed by atoms with Gasteiger partial charge in [0, 0.05) is 18.8 Å². The van der Waals surface area contributed by atoms with Gasteiger partial charge in [-0.3, -0.25) is 9.52 Å². The van der Waals surface area contributed by atoms with E-state index < -0.39 is 26.0 Å². The summed E-state index contributed by atoms with van der Waals surface area (Å²) in [6.45, 7) is 4.65. The molecule has 208 valence electrons. The summed E-state index contributed by atoms with van der Waals surface area (Å²) in [5.74, 6) is -0.358. The van der Waals surface area contributed by atoms with Crippen molar-refractivity contribution in [2.45, 2.75) is 49.3 Å². The summed E-state index contributed by atoms with van der Waals surface area (Å²) in [4.78, 5) is 13.2. The second kappa shape index (κ2) is 11.8. The summed E-state index contributed by atoms with van der Waals surface area (Å²) < 4.78 is 61.7. The first-order valence-corrected chi connectivity index (χ1v) is 15.6. The van der Waals surface area contributed by atoms with Crippen LogP contribution in [0, 0.1) is 13.8 Å². The molecule has 39 heavy (non-hydrogen) atoms. The van der Waals surface area contributed by atoms with Gasteiger partial charge in [-0.2, -0.15) is 4.31 Å². The van der Waals surface area contributed by atoms with Gasteiger partial charge in [0.25, 0.3) is 15.9 Å². The maximum atomic E-state index is 13.3. The summed E-state index contributed by atoms with van der Waals surface area (Å²) in [6, 6.07) is 15.4. The van der Waals surface area contributed by atoms with Crippen molar-refractivity contribution in [1.29, 1.82) is 0 Å². The van der Waals surface area contributed by atoms with Gasteiger partial charge in [0.05, 0.1) is 28.2 Å². The van der Waals surface area contributed by atoms with E-state index >= 15 is 0 Å². The molecule has 1 aliphatic rings. The van der Waals surface area contributed by atoms with Crippen LogP contribution >= 0.6 is 0 Å². The summed E-state index contributed by atoms with van der Waals surface area (Å²) >= 11 is 0. The van der Waals surface area contributed by atoms with Gasteiger partial charge < -0.3 is 10.1 Å². The van der Waals surface area contributed by atoms with E-state index in [4.69, 9.17) is 4.74 Å². The third-order valence-corrected chi connectivity index (χ3v) is 9.94. The van der Waals surface area contributed by atoms with Crippen LogP contribution < -0.4 is 14.8 Å². The first-order valence-electron chi connectivity index (χ1n) is 12.7. The highest BCUT2D eigenvalue weighted by molar-refractivity contribution is 7.92. The third-order valence-electron chi connectivity index (χ3n) is 6.67. The number of amides is 1. The number of hydrogen-bond acceptors (Lipinski definition) is 6. The minimum absolute atomic E-state index is 0.0225. The third kappa shape index (κ3) is 6.60. The van der Waals surface area contributed by atoms with Crippen LogP contribution in [-0.4, -0.2) is 47.2 Å². The molecular formula is C28H33N3O6S2. The van der Waals surface area contributed by atoms with Crippen molar-refractivity contribution in [2.75, 3.05) is 30.2 Å². The topological polar surface area (TPSA) is 122 Å². The Morgan fingerprint density at radius 2 is 1.46 bits per heavy atom. The van der Waals surface area contributed by atoms with Crippen LogP contribution in [0.1, 0.15) is 47.2 Å². The average molecular weight is 572 g/mol. The molecule has 0 saturated carbocycles. The Hall–Kier alpha value is -3.41. The molecule has 0 unspecified atom stereocenters. The molecule has 0 aliphatic carbocycles. The number of anilines is 2. The van der Waals surface area contributed by atoms with E-state index in [1.54, 1.807) is 6.07 Å². The summed E-state index contributed by atoms with van der Waals surface area (Å²) in [7, 11) is -6.21. The van der Waals surface area contributed by atoms with Gasteiger partial charge in [0.2, 0.25) is 10.0 Å². The minimum atomic E-state index is -3.85. The Bertz CT molecular complexity index is 1560. The van der Waals surface area contributed by atoms with Gasteiger partial charge >= 0.3 is 0 Å². The predicted molar refractivity (Wildman–Crippen MR) is 151 cm³/mol. The van der Waals surface area contributed by atoms with Crippen LogP contribution in [0.4, 0.5) is 11.4 Å². The fourth-order valence-corrected chi connectivity index (χ4v) is 7.18. The van der Waals surface area contributed by atoms with E-state index in [-0.39, 0.29) is 21.1 Å². The Labute approximate surface area is 230 Å². The van der Waals surface area contributed by atoms with Gasteiger partial charge in [0.1, 0.15) is 5.75 Å². The minimum Gasteiger partial charge on any atom is -0.496 e. The number of hydrogen-bond donors (Lipinski definition) is 2. The fraction of sp³-hybridized carbons (Fsp3) is 0.321. The highest BCUT2D eigenvalue weighted by atomic mass is 32.2. The normalized spacial score (nSPS) is 14.8. The molecule has 4 rings (SSSR count). The van der Waals surface area contributed by atoms with E-state index in [9.17, 15) is 21.6 Å². The van der Waals surface area contributed by atoms with Gasteiger partial charge in [-0.25, -0.2) is 16.8 Å². The summed E-state index contributed by atoms with van der Waals surface area (Å²) in [5, 5.41) is 2.70. The number of aryl methyl sites for hydroxylation is 2. The molecule has 1 heterocycles. The van der Waals surface area contributed by atoms with E-state index in [2.05, 4.69) is 10.0 Å². The standard InChI is InChI=1S/C28H33N3O6S2/c1-20-8-14-26(21(2)18-20)30-38(33,34)23-11-9-22(10-12-23)29-28(32)25-19-24(13-15-27(25)37-3)39(35,36)31-16-6-4-5-7-17-31/h8-15,18-19,30H,4-7,16-17H2,1-3H3,(H,29,32). The number of methoxy groups -OCH3 is 1. The molecule has 9 nitrogen and oxygen atoms in total. The Morgan fingerprint density at radius 1 is 0.821 bits per heavy atom. The highest BCUT2D eigenvalue weighted by Crippen LogP contribution is 2.28. The van der Waals surface area contributed by atoms with Crippen molar-refractivity contribution in [3.8, 4) is 5.75 Å². The van der Waals surface area contributed by atoms with Crippen LogP contribution in [0.5, 0.6) is 5.75 Å². The fourth-order valence-electron chi connectivity index (χ4n) is 4.50. The number of rotatable bonds is 8. The van der Waals surface area contributed by atoms with Crippen LogP contribution in [0.15, 0.2) is 70.5 Å². The molecule has 0 atom stereocenters. The Kier molecular flexibility index (Phi) is 8.63. The van der Waals surface area contributed by atoms with Crippen molar-refractivity contribution in [3.05, 3.63) is 77.4 Å². The number of carbonyl (C=O) groups is 1. The number of benzene rings is 3. The lowest BCUT2D eigenvalue weighted by Crippen LogP contribution is -2.32. The van der Waals surface area contributed by atoms with Crippen molar-refractivity contribution < 1.29 is 26.4 Å². The van der Waals surface area contributed by atoms with Gasteiger partial charge in [-0.05, 0) is 80.8 Å². The van der Waals surface area contributed by atoms with Crippen molar-refractivity contribution in [2.24, 2.45) is 0 Å². The van der Waals surface area contributed by atoms with E-state index in [1.807, 2.05) is 26.0 Å². The maximum absolute atomic E-state index is 13.3. The molecule has 2 N–H and O–H groups in total. The maximum Gasteiger partial charge on any atom is 0.261 e. The second-order valence-electron chi connectivity index (χ2n) is 9.58. The average Bonchev–Trinajstić information content (AvgIpc) is 3.20. The van der Waals surface area contributed by atoms with Crippen LogP contribution in [0.3, 0.4) is 0 Å². The first kappa shape index (κ1) is 28.6. The van der Waals surface area contributed by atoms with Crippen LogP contribution in [-0.2, 0) is 20.0 Å². The molecule has 3 aromatic rings. The van der Waals surface area contributed by atoms with Crippen molar-refractivity contribution in [3.63, 3.8) is 0 Å². The lowest BCUT2D eigenvalue weighted by atomic mass is 10.1. The van der Waals surface area contributed by atoms with Gasteiger partial charge in [-0.1, -0.05) is 30.5 Å². The number of ether oxygens (including phenoxy) is 1. The molecule has 11 heteroatoms. The molecule has 1 aliphatic heterocycles. The number of nitrogens with one attached hydrogen (secondary N) is 2. The zero-order chi connectivity index (χ0) is 28.2. The molecule has 0 radical (unpaired) electrons. The van der Waals surface area contributed by atoms with Crippen molar-refractivity contribution >= 4 is 37.3 Å². The second-order valence-corrected chi connectivity index (χ2v) is 13.2. The quantitative estimate of drug-likeness (QED) is 0.395. The molecule has 0 spiro atoms. The first-order chi connectivity index (χ1) is 18.5. The highest BCUT2D eigenvalue weighted by Gasteiger charge is 2.27.